The number of fused-ring (bicyclic) bond motifs is 1. The van der Waals surface area contributed by atoms with Gasteiger partial charge >= 0.3 is 5.97 Å². The molecule has 6 nitrogen and oxygen atoms in total. The van der Waals surface area contributed by atoms with E-state index in [2.05, 4.69) is 0 Å². The van der Waals surface area contributed by atoms with E-state index in [9.17, 15) is 9.59 Å². The molecule has 1 aromatic rings. The molecule has 18 heavy (non-hydrogen) atoms. The quantitative estimate of drug-likeness (QED) is 0.796. The van der Waals surface area contributed by atoms with Crippen molar-refractivity contribution >= 4 is 23.9 Å². The predicted molar refractivity (Wildman–Crippen MR) is 62.4 cm³/mol. The van der Waals surface area contributed by atoms with E-state index >= 15 is 0 Å². The summed E-state index contributed by atoms with van der Waals surface area (Å²) < 4.78 is 10.6. The average Bonchev–Trinajstić information content (AvgIpc) is 2.37. The number of aliphatic carboxylic acids is 1. The van der Waals surface area contributed by atoms with Crippen LogP contribution in [0.5, 0.6) is 11.5 Å². The Bertz CT molecular complexity index is 517. The maximum atomic E-state index is 10.9. The molecule has 1 heterocycles. The second-order valence-electron chi connectivity index (χ2n) is 3.65. The van der Waals surface area contributed by atoms with Crippen molar-refractivity contribution in [3.05, 3.63) is 22.2 Å². The SMILES string of the molecule is NC(C(=O)O)c1c(Cl)cc(C=O)c2c1OCCO2. The zero-order valence-electron chi connectivity index (χ0n) is 9.18. The van der Waals surface area contributed by atoms with E-state index in [4.69, 9.17) is 31.9 Å². The van der Waals surface area contributed by atoms with Gasteiger partial charge in [-0.3, -0.25) is 9.59 Å². The van der Waals surface area contributed by atoms with Crippen LogP contribution in [0.3, 0.4) is 0 Å². The summed E-state index contributed by atoms with van der Waals surface area (Å²) >= 11 is 5.95. The van der Waals surface area contributed by atoms with Crippen LogP contribution in [0, 0.1) is 0 Å². The van der Waals surface area contributed by atoms with Crippen molar-refractivity contribution in [3.63, 3.8) is 0 Å². The van der Waals surface area contributed by atoms with Gasteiger partial charge in [0.05, 0.1) is 10.6 Å². The number of carbonyl (C=O) groups excluding carboxylic acids is 1. The number of carboxylic acid groups (broad SMARTS) is 1. The zero-order valence-corrected chi connectivity index (χ0v) is 9.94. The number of rotatable bonds is 3. The number of benzene rings is 1. The first kappa shape index (κ1) is 12.7. The lowest BCUT2D eigenvalue weighted by atomic mass is 10.0. The van der Waals surface area contributed by atoms with Crippen LogP contribution in [0.15, 0.2) is 6.07 Å². The Balaban J connectivity index is 2.66. The average molecular weight is 272 g/mol. The minimum absolute atomic E-state index is 0.0660. The fourth-order valence-electron chi connectivity index (χ4n) is 1.72. The van der Waals surface area contributed by atoms with Crippen LogP contribution in [0.2, 0.25) is 5.02 Å². The highest BCUT2D eigenvalue weighted by molar-refractivity contribution is 6.32. The second-order valence-corrected chi connectivity index (χ2v) is 4.06. The highest BCUT2D eigenvalue weighted by Crippen LogP contribution is 2.43. The van der Waals surface area contributed by atoms with Gasteiger partial charge in [-0.15, -0.1) is 0 Å². The number of nitrogens with two attached hydrogens (primary N) is 1. The normalized spacial score (nSPS) is 15.0. The Morgan fingerprint density at radius 3 is 2.61 bits per heavy atom. The number of ether oxygens (including phenoxy) is 2. The molecule has 0 saturated carbocycles. The largest absolute Gasteiger partial charge is 0.486 e. The molecule has 0 bridgehead atoms. The van der Waals surface area contributed by atoms with Crippen LogP contribution in [-0.2, 0) is 4.79 Å². The predicted octanol–water partition coefficient (Wildman–Crippen LogP) is 1.01. The van der Waals surface area contributed by atoms with Gasteiger partial charge in [-0.2, -0.15) is 0 Å². The molecule has 1 atom stereocenters. The summed E-state index contributed by atoms with van der Waals surface area (Å²) in [6, 6.07) is -0.0196. The van der Waals surface area contributed by atoms with Crippen molar-refractivity contribution in [3.8, 4) is 11.5 Å². The molecule has 0 aliphatic carbocycles. The minimum Gasteiger partial charge on any atom is -0.486 e. The summed E-state index contributed by atoms with van der Waals surface area (Å²) in [5, 5.41) is 9.00. The first-order chi connectivity index (χ1) is 8.56. The molecule has 0 fully saturated rings. The molecule has 0 amide bonds. The second kappa shape index (κ2) is 4.83. The van der Waals surface area contributed by atoms with Crippen LogP contribution in [-0.4, -0.2) is 30.6 Å². The monoisotopic (exact) mass is 271 g/mol. The first-order valence-electron chi connectivity index (χ1n) is 5.11. The van der Waals surface area contributed by atoms with Gasteiger partial charge in [0, 0.05) is 5.56 Å². The molecule has 1 unspecified atom stereocenters. The molecule has 0 radical (unpaired) electrons. The van der Waals surface area contributed by atoms with Crippen LogP contribution >= 0.6 is 11.6 Å². The molecule has 1 aromatic carbocycles. The van der Waals surface area contributed by atoms with Crippen LogP contribution < -0.4 is 15.2 Å². The zero-order chi connectivity index (χ0) is 13.3. The van der Waals surface area contributed by atoms with E-state index < -0.39 is 12.0 Å². The van der Waals surface area contributed by atoms with Gasteiger partial charge < -0.3 is 20.3 Å². The minimum atomic E-state index is -1.34. The number of carboxylic acids is 1. The number of aldehydes is 1. The van der Waals surface area contributed by atoms with Gasteiger partial charge in [0.2, 0.25) is 0 Å². The molecular weight excluding hydrogens is 262 g/mol. The number of halogens is 1. The van der Waals surface area contributed by atoms with Crippen molar-refractivity contribution in [2.75, 3.05) is 13.2 Å². The first-order valence-corrected chi connectivity index (χ1v) is 5.49. The van der Waals surface area contributed by atoms with Crippen molar-refractivity contribution < 1.29 is 24.2 Å². The molecule has 1 aliphatic rings. The van der Waals surface area contributed by atoms with Gasteiger partial charge in [0.15, 0.2) is 17.8 Å². The summed E-state index contributed by atoms with van der Waals surface area (Å²) in [5.74, 6) is -0.926. The lowest BCUT2D eigenvalue weighted by molar-refractivity contribution is -0.138. The molecule has 96 valence electrons. The Labute approximate surface area is 107 Å². The lowest BCUT2D eigenvalue weighted by Gasteiger charge is -2.24. The van der Waals surface area contributed by atoms with Crippen molar-refractivity contribution in [1.29, 1.82) is 0 Å². The number of carbonyl (C=O) groups is 2. The van der Waals surface area contributed by atoms with Gasteiger partial charge in [-0.05, 0) is 6.07 Å². The fourth-order valence-corrected chi connectivity index (χ4v) is 2.04. The summed E-state index contributed by atoms with van der Waals surface area (Å²) in [5.41, 5.74) is 5.87. The maximum Gasteiger partial charge on any atom is 0.325 e. The lowest BCUT2D eigenvalue weighted by Crippen LogP contribution is -2.25. The van der Waals surface area contributed by atoms with Crippen LogP contribution in [0.4, 0.5) is 0 Å². The molecule has 3 N–H and O–H groups in total. The van der Waals surface area contributed by atoms with Crippen molar-refractivity contribution in [2.45, 2.75) is 6.04 Å². The Morgan fingerprint density at radius 1 is 1.44 bits per heavy atom. The molecule has 2 rings (SSSR count). The summed E-state index contributed by atoms with van der Waals surface area (Å²) in [6.07, 6.45) is 0.565. The Morgan fingerprint density at radius 2 is 2.06 bits per heavy atom. The van der Waals surface area contributed by atoms with E-state index in [1.54, 1.807) is 0 Å². The molecule has 0 aromatic heterocycles. The van der Waals surface area contributed by atoms with E-state index in [1.165, 1.54) is 6.07 Å². The maximum absolute atomic E-state index is 10.9. The molecular formula is C11H10ClNO5. The third-order valence-electron chi connectivity index (χ3n) is 2.53. The summed E-state index contributed by atoms with van der Waals surface area (Å²) in [7, 11) is 0. The van der Waals surface area contributed by atoms with Crippen molar-refractivity contribution in [2.24, 2.45) is 5.73 Å². The topological polar surface area (TPSA) is 98.9 Å². The molecule has 0 saturated heterocycles. The Hall–Kier alpha value is -1.79. The third kappa shape index (κ3) is 2.00. The number of hydrogen-bond donors (Lipinski definition) is 2. The summed E-state index contributed by atoms with van der Waals surface area (Å²) in [6.45, 7) is 0.516. The number of hydrogen-bond acceptors (Lipinski definition) is 5. The van der Waals surface area contributed by atoms with Gasteiger partial charge in [-0.1, -0.05) is 11.6 Å². The van der Waals surface area contributed by atoms with Crippen LogP contribution in [0.1, 0.15) is 22.0 Å². The van der Waals surface area contributed by atoms with E-state index in [-0.39, 0.29) is 40.9 Å². The molecule has 1 aliphatic heterocycles. The molecule has 7 heteroatoms. The Kier molecular flexibility index (Phi) is 3.40. The van der Waals surface area contributed by atoms with Gasteiger partial charge in [0.1, 0.15) is 19.3 Å². The smallest absolute Gasteiger partial charge is 0.325 e. The highest BCUT2D eigenvalue weighted by atomic mass is 35.5. The van der Waals surface area contributed by atoms with E-state index in [0.717, 1.165) is 0 Å². The standard InChI is InChI=1S/C11H10ClNO5/c12-6-3-5(4-14)9-10(18-2-1-17-9)7(6)8(13)11(15)16/h3-4,8H,1-2,13H2,(H,15,16). The summed E-state index contributed by atoms with van der Waals surface area (Å²) in [4.78, 5) is 21.8. The van der Waals surface area contributed by atoms with Crippen LogP contribution in [0.25, 0.3) is 0 Å². The van der Waals surface area contributed by atoms with Gasteiger partial charge in [0.25, 0.3) is 0 Å². The molecule has 0 spiro atoms. The highest BCUT2D eigenvalue weighted by Gasteiger charge is 2.29. The third-order valence-corrected chi connectivity index (χ3v) is 2.85. The van der Waals surface area contributed by atoms with Gasteiger partial charge in [-0.25, -0.2) is 0 Å². The van der Waals surface area contributed by atoms with E-state index in [0.29, 0.717) is 6.29 Å². The van der Waals surface area contributed by atoms with E-state index in [1.807, 2.05) is 0 Å². The fraction of sp³-hybridized carbons (Fsp3) is 0.273. The van der Waals surface area contributed by atoms with Crippen molar-refractivity contribution in [1.82, 2.24) is 0 Å².